The molecule has 0 aliphatic carbocycles. The molecule has 74 valence electrons. The van der Waals surface area contributed by atoms with E-state index in [9.17, 15) is 9.59 Å². The summed E-state index contributed by atoms with van der Waals surface area (Å²) in [6.45, 7) is 0.530. The Hall–Kier alpha value is -1.56. The molecule has 0 bridgehead atoms. The average Bonchev–Trinajstić information content (AvgIpc) is 3.03. The third-order valence-corrected chi connectivity index (χ3v) is 2.40. The van der Waals surface area contributed by atoms with Crippen molar-refractivity contribution in [3.8, 4) is 0 Å². The van der Waals surface area contributed by atoms with Gasteiger partial charge in [-0.05, 0) is 0 Å². The third kappa shape index (κ3) is 1.15. The van der Waals surface area contributed by atoms with Crippen LogP contribution in [0.4, 0.5) is 0 Å². The van der Waals surface area contributed by atoms with Crippen molar-refractivity contribution in [3.05, 3.63) is 12.0 Å². The van der Waals surface area contributed by atoms with Crippen LogP contribution in [0.2, 0.25) is 0 Å². The molecule has 0 saturated carbocycles. The molecule has 3 atom stereocenters. The van der Waals surface area contributed by atoms with Gasteiger partial charge < -0.3 is 20.1 Å². The molecular formula is C8H8N2O4. The maximum Gasteiger partial charge on any atom is 0.251 e. The van der Waals surface area contributed by atoms with Crippen molar-refractivity contribution in [2.24, 2.45) is 0 Å². The minimum atomic E-state index is -0.655. The van der Waals surface area contributed by atoms with Gasteiger partial charge in [0.25, 0.3) is 5.91 Å². The van der Waals surface area contributed by atoms with E-state index < -0.39 is 12.1 Å². The van der Waals surface area contributed by atoms with Gasteiger partial charge in [0.15, 0.2) is 11.8 Å². The first kappa shape index (κ1) is 7.81. The van der Waals surface area contributed by atoms with Crippen molar-refractivity contribution >= 4 is 11.8 Å². The minimum absolute atomic E-state index is 0.158. The van der Waals surface area contributed by atoms with Crippen molar-refractivity contribution in [3.63, 3.8) is 0 Å². The summed E-state index contributed by atoms with van der Waals surface area (Å²) in [4.78, 5) is 22.9. The smallest absolute Gasteiger partial charge is 0.251 e. The van der Waals surface area contributed by atoms with E-state index in [0.29, 0.717) is 12.4 Å². The van der Waals surface area contributed by atoms with Crippen LogP contribution in [0.25, 0.3) is 0 Å². The molecule has 0 spiro atoms. The Labute approximate surface area is 79.2 Å². The highest BCUT2D eigenvalue weighted by Crippen LogP contribution is 2.23. The predicted molar refractivity (Wildman–Crippen MR) is 42.8 cm³/mol. The monoisotopic (exact) mass is 196 g/mol. The summed E-state index contributed by atoms with van der Waals surface area (Å²) < 4.78 is 9.72. The fourth-order valence-corrected chi connectivity index (χ4v) is 1.48. The maximum absolute atomic E-state index is 11.5. The van der Waals surface area contributed by atoms with Crippen LogP contribution < -0.4 is 10.6 Å². The van der Waals surface area contributed by atoms with E-state index in [0.717, 1.165) is 0 Å². The fourth-order valence-electron chi connectivity index (χ4n) is 1.48. The van der Waals surface area contributed by atoms with Gasteiger partial charge in [0.2, 0.25) is 5.91 Å². The van der Waals surface area contributed by atoms with Crippen LogP contribution in [0.3, 0.4) is 0 Å². The second-order valence-corrected chi connectivity index (χ2v) is 3.44. The zero-order chi connectivity index (χ0) is 9.71. The first-order valence-electron chi connectivity index (χ1n) is 4.35. The normalized spacial score (nSPS) is 39.1. The number of nitrogens with one attached hydrogen (secondary N) is 2. The molecule has 6 heteroatoms. The van der Waals surface area contributed by atoms with Crippen LogP contribution in [0.15, 0.2) is 12.0 Å². The number of epoxide rings is 1. The Balaban J connectivity index is 1.75. The van der Waals surface area contributed by atoms with Crippen molar-refractivity contribution in [2.45, 2.75) is 18.2 Å². The molecule has 3 aliphatic rings. The largest absolute Gasteiger partial charge is 0.460 e. The van der Waals surface area contributed by atoms with Crippen molar-refractivity contribution in [2.75, 3.05) is 6.61 Å². The summed E-state index contributed by atoms with van der Waals surface area (Å²) >= 11 is 0. The molecular weight excluding hydrogens is 188 g/mol. The molecule has 0 aromatic heterocycles. The minimum Gasteiger partial charge on any atom is -0.460 e. The quantitative estimate of drug-likeness (QED) is 0.512. The Kier molecular flexibility index (Phi) is 1.38. The van der Waals surface area contributed by atoms with Crippen LogP contribution in [0.1, 0.15) is 0 Å². The second-order valence-electron chi connectivity index (χ2n) is 3.44. The lowest BCUT2D eigenvalue weighted by atomic mass is 10.1. The number of hydrogen-bond acceptors (Lipinski definition) is 4. The van der Waals surface area contributed by atoms with E-state index in [1.165, 1.54) is 6.26 Å². The van der Waals surface area contributed by atoms with Crippen molar-refractivity contribution < 1.29 is 19.1 Å². The molecule has 3 unspecified atom stereocenters. The van der Waals surface area contributed by atoms with E-state index in [4.69, 9.17) is 9.47 Å². The number of hydrogen-bond donors (Lipinski definition) is 2. The van der Waals surface area contributed by atoms with Gasteiger partial charge >= 0.3 is 0 Å². The van der Waals surface area contributed by atoms with E-state index in [1.807, 2.05) is 0 Å². The molecule has 14 heavy (non-hydrogen) atoms. The van der Waals surface area contributed by atoms with E-state index >= 15 is 0 Å². The van der Waals surface area contributed by atoms with Crippen LogP contribution in [0.5, 0.6) is 0 Å². The zero-order valence-electron chi connectivity index (χ0n) is 7.15. The molecule has 3 rings (SSSR count). The Morgan fingerprint density at radius 1 is 1.29 bits per heavy atom. The number of ether oxygens (including phenoxy) is 2. The molecule has 3 aliphatic heterocycles. The number of amides is 2. The summed E-state index contributed by atoms with van der Waals surface area (Å²) in [6.07, 6.45) is 1.28. The second kappa shape index (κ2) is 2.48. The zero-order valence-corrected chi connectivity index (χ0v) is 7.15. The highest BCUT2D eigenvalue weighted by molar-refractivity contribution is 5.99. The topological polar surface area (TPSA) is 83.3 Å². The van der Waals surface area contributed by atoms with Gasteiger partial charge in [0, 0.05) is 0 Å². The van der Waals surface area contributed by atoms with Gasteiger partial charge in [-0.25, -0.2) is 0 Å². The highest BCUT2D eigenvalue weighted by atomic mass is 16.6. The molecule has 6 nitrogen and oxygen atoms in total. The van der Waals surface area contributed by atoms with Gasteiger partial charge in [-0.3, -0.25) is 9.59 Å². The molecule has 0 aromatic rings. The van der Waals surface area contributed by atoms with Crippen LogP contribution in [-0.4, -0.2) is 36.6 Å². The molecule has 2 N–H and O–H groups in total. The number of carbonyl (C=O) groups is 2. The Morgan fingerprint density at radius 3 is 2.57 bits per heavy atom. The third-order valence-electron chi connectivity index (χ3n) is 2.40. The average molecular weight is 196 g/mol. The standard InChI is InChI=1S/C8H8N2O4/c11-7-5(3-1-13-3)9-8(12)6(10-7)4-2-14-4/h1,4-6H,2H2,(H,9,12)(H,10,11). The molecule has 2 saturated heterocycles. The van der Waals surface area contributed by atoms with Gasteiger partial charge in [0.05, 0.1) is 6.61 Å². The molecule has 0 aromatic carbocycles. The van der Waals surface area contributed by atoms with E-state index in [-0.39, 0.29) is 17.9 Å². The predicted octanol–water partition coefficient (Wildman–Crippen LogP) is -1.76. The summed E-state index contributed by atoms with van der Waals surface area (Å²) in [6, 6.07) is -1.20. The van der Waals surface area contributed by atoms with Crippen LogP contribution >= 0.6 is 0 Å². The number of carbonyl (C=O) groups excluding carboxylic acids is 2. The highest BCUT2D eigenvalue weighted by Gasteiger charge is 2.46. The lowest BCUT2D eigenvalue weighted by Crippen LogP contribution is -2.63. The summed E-state index contributed by atoms with van der Waals surface area (Å²) in [7, 11) is 0. The lowest BCUT2D eigenvalue weighted by molar-refractivity contribution is -0.136. The molecule has 2 fully saturated rings. The number of piperazine rings is 1. The maximum atomic E-state index is 11.5. The van der Waals surface area contributed by atoms with Gasteiger partial charge in [0.1, 0.15) is 18.4 Å². The van der Waals surface area contributed by atoms with Gasteiger partial charge in [-0.1, -0.05) is 0 Å². The fraction of sp³-hybridized carbons (Fsp3) is 0.500. The first-order chi connectivity index (χ1) is 6.75. The van der Waals surface area contributed by atoms with E-state index in [1.54, 1.807) is 0 Å². The molecule has 2 amide bonds. The van der Waals surface area contributed by atoms with Crippen LogP contribution in [-0.2, 0) is 19.1 Å². The molecule has 0 radical (unpaired) electrons. The summed E-state index contributed by atoms with van der Waals surface area (Å²) in [5, 5.41) is 5.18. The van der Waals surface area contributed by atoms with Crippen LogP contribution in [0, 0.1) is 0 Å². The summed E-state index contributed by atoms with van der Waals surface area (Å²) in [5.41, 5.74) is 0. The Morgan fingerprint density at radius 2 is 2.00 bits per heavy atom. The van der Waals surface area contributed by atoms with Crippen molar-refractivity contribution in [1.82, 2.24) is 10.6 Å². The van der Waals surface area contributed by atoms with Crippen molar-refractivity contribution in [1.29, 1.82) is 0 Å². The SMILES string of the molecule is O=C1NC(C2CO2)C(=O)NC1C1=CO1. The molecule has 3 heterocycles. The van der Waals surface area contributed by atoms with E-state index in [2.05, 4.69) is 10.6 Å². The number of rotatable bonds is 2. The van der Waals surface area contributed by atoms with Gasteiger partial charge in [-0.2, -0.15) is 0 Å². The summed E-state index contributed by atoms with van der Waals surface area (Å²) in [5.74, 6) is 0.0494. The Bertz CT molecular complexity index is 347. The van der Waals surface area contributed by atoms with Gasteiger partial charge in [-0.15, -0.1) is 0 Å². The lowest BCUT2D eigenvalue weighted by Gasteiger charge is -2.26. The first-order valence-corrected chi connectivity index (χ1v) is 4.35.